The van der Waals surface area contributed by atoms with Crippen molar-refractivity contribution < 1.29 is 4.79 Å². The zero-order chi connectivity index (χ0) is 20.7. The molecule has 1 fully saturated rings. The van der Waals surface area contributed by atoms with Crippen LogP contribution in [-0.2, 0) is 6.54 Å². The molecule has 30 heavy (non-hydrogen) atoms. The van der Waals surface area contributed by atoms with E-state index in [4.69, 9.17) is 0 Å². The Morgan fingerprint density at radius 3 is 2.57 bits per heavy atom. The summed E-state index contributed by atoms with van der Waals surface area (Å²) in [5.74, 6) is -0.140. The normalized spacial score (nSPS) is 14.6. The second-order valence-electron chi connectivity index (χ2n) is 7.12. The van der Waals surface area contributed by atoms with Gasteiger partial charge in [-0.1, -0.05) is 29.5 Å². The Bertz CT molecular complexity index is 1270. The van der Waals surface area contributed by atoms with Crippen LogP contribution in [0.1, 0.15) is 17.4 Å². The summed E-state index contributed by atoms with van der Waals surface area (Å²) in [5, 5.41) is 6.44. The number of amides is 1. The molecule has 1 aliphatic rings. The fourth-order valence-corrected chi connectivity index (χ4v) is 4.71. The molecule has 5 rings (SSSR count). The number of aryl methyl sites for hydroxylation is 1. The topological polar surface area (TPSA) is 84.2 Å². The van der Waals surface area contributed by atoms with E-state index < -0.39 is 0 Å². The van der Waals surface area contributed by atoms with Crippen LogP contribution >= 0.6 is 11.3 Å². The van der Waals surface area contributed by atoms with Crippen LogP contribution in [-0.4, -0.2) is 56.7 Å². The Morgan fingerprint density at radius 2 is 1.83 bits per heavy atom. The van der Waals surface area contributed by atoms with Crippen molar-refractivity contribution >= 4 is 43.5 Å². The quantitative estimate of drug-likeness (QED) is 0.506. The molecule has 0 saturated carbocycles. The second kappa shape index (κ2) is 7.49. The van der Waals surface area contributed by atoms with Crippen LogP contribution in [0.25, 0.3) is 21.1 Å². The van der Waals surface area contributed by atoms with Crippen LogP contribution in [0.4, 0.5) is 5.13 Å². The molecule has 1 aliphatic heterocycles. The van der Waals surface area contributed by atoms with Crippen LogP contribution in [0.15, 0.2) is 47.4 Å². The highest BCUT2D eigenvalue weighted by Crippen LogP contribution is 2.28. The second-order valence-corrected chi connectivity index (χ2v) is 8.07. The minimum absolute atomic E-state index is 0.140. The smallest absolute Gasteiger partial charge is 0.275 e. The molecule has 9 heteroatoms. The SMILES string of the molecule is CCn1nc(C(=O)N2CCN(c3nc4cccnc4s3)CC2)c2ccccc2c1=O. The zero-order valence-electron chi connectivity index (χ0n) is 16.5. The molecule has 3 aromatic heterocycles. The number of benzene rings is 1. The Labute approximate surface area is 176 Å². The van der Waals surface area contributed by atoms with Crippen molar-refractivity contribution in [3.8, 4) is 0 Å². The van der Waals surface area contributed by atoms with Crippen LogP contribution in [0.2, 0.25) is 0 Å². The van der Waals surface area contributed by atoms with Gasteiger partial charge in [0.15, 0.2) is 10.8 Å². The molecule has 1 amide bonds. The number of rotatable bonds is 3. The van der Waals surface area contributed by atoms with Gasteiger partial charge >= 0.3 is 0 Å². The van der Waals surface area contributed by atoms with Crippen LogP contribution in [0.3, 0.4) is 0 Å². The van der Waals surface area contributed by atoms with E-state index >= 15 is 0 Å². The Hall–Kier alpha value is -3.33. The van der Waals surface area contributed by atoms with Gasteiger partial charge in [-0.15, -0.1) is 0 Å². The molecule has 0 N–H and O–H groups in total. The Balaban J connectivity index is 1.39. The summed E-state index contributed by atoms with van der Waals surface area (Å²) in [5.41, 5.74) is 1.07. The summed E-state index contributed by atoms with van der Waals surface area (Å²) < 4.78 is 1.36. The summed E-state index contributed by atoms with van der Waals surface area (Å²) in [6.45, 7) is 4.80. The van der Waals surface area contributed by atoms with Crippen molar-refractivity contribution in [2.45, 2.75) is 13.5 Å². The minimum Gasteiger partial charge on any atom is -0.344 e. The van der Waals surface area contributed by atoms with E-state index in [0.29, 0.717) is 49.2 Å². The van der Waals surface area contributed by atoms with E-state index in [1.54, 1.807) is 34.6 Å². The van der Waals surface area contributed by atoms with Gasteiger partial charge in [0, 0.05) is 44.3 Å². The average molecular weight is 420 g/mol. The highest BCUT2D eigenvalue weighted by molar-refractivity contribution is 7.21. The van der Waals surface area contributed by atoms with E-state index in [2.05, 4.69) is 20.0 Å². The minimum atomic E-state index is -0.168. The van der Waals surface area contributed by atoms with Gasteiger partial charge in [0.1, 0.15) is 10.3 Å². The number of carbonyl (C=O) groups is 1. The predicted molar refractivity (Wildman–Crippen MR) is 117 cm³/mol. The van der Waals surface area contributed by atoms with E-state index in [1.165, 1.54) is 4.68 Å². The van der Waals surface area contributed by atoms with Gasteiger partial charge in [-0.05, 0) is 25.1 Å². The monoisotopic (exact) mass is 420 g/mol. The summed E-state index contributed by atoms with van der Waals surface area (Å²) in [6, 6.07) is 11.0. The molecule has 8 nitrogen and oxygen atoms in total. The van der Waals surface area contributed by atoms with Crippen molar-refractivity contribution in [1.82, 2.24) is 24.6 Å². The highest BCUT2D eigenvalue weighted by Gasteiger charge is 2.27. The van der Waals surface area contributed by atoms with Gasteiger partial charge in [0.05, 0.1) is 5.39 Å². The van der Waals surface area contributed by atoms with E-state index in [0.717, 1.165) is 15.5 Å². The van der Waals surface area contributed by atoms with E-state index in [1.807, 2.05) is 31.2 Å². The van der Waals surface area contributed by atoms with Crippen LogP contribution in [0, 0.1) is 0 Å². The first-order chi connectivity index (χ1) is 14.7. The van der Waals surface area contributed by atoms with Crippen molar-refractivity contribution in [1.29, 1.82) is 0 Å². The lowest BCUT2D eigenvalue weighted by molar-refractivity contribution is 0.0740. The lowest BCUT2D eigenvalue weighted by atomic mass is 10.1. The highest BCUT2D eigenvalue weighted by atomic mass is 32.1. The van der Waals surface area contributed by atoms with Crippen molar-refractivity contribution in [2.24, 2.45) is 0 Å². The summed E-state index contributed by atoms with van der Waals surface area (Å²) >= 11 is 1.57. The summed E-state index contributed by atoms with van der Waals surface area (Å²) in [7, 11) is 0. The van der Waals surface area contributed by atoms with E-state index in [-0.39, 0.29) is 11.5 Å². The third-order valence-corrected chi connectivity index (χ3v) is 6.40. The van der Waals surface area contributed by atoms with Crippen molar-refractivity contribution in [3.63, 3.8) is 0 Å². The number of hydrogen-bond acceptors (Lipinski definition) is 7. The molecular weight excluding hydrogens is 400 g/mol. The largest absolute Gasteiger partial charge is 0.344 e. The maximum absolute atomic E-state index is 13.3. The molecule has 0 aliphatic carbocycles. The first kappa shape index (κ1) is 18.7. The molecule has 0 radical (unpaired) electrons. The number of pyridine rings is 1. The molecular formula is C21H20N6O2S. The number of anilines is 1. The maximum Gasteiger partial charge on any atom is 0.275 e. The lowest BCUT2D eigenvalue weighted by Crippen LogP contribution is -2.49. The third kappa shape index (κ3) is 3.11. The molecule has 4 aromatic rings. The Kier molecular flexibility index (Phi) is 4.66. The lowest BCUT2D eigenvalue weighted by Gasteiger charge is -2.34. The summed E-state index contributed by atoms with van der Waals surface area (Å²) in [4.78, 5) is 39.8. The number of fused-ring (bicyclic) bond motifs is 2. The molecule has 1 saturated heterocycles. The van der Waals surface area contributed by atoms with Gasteiger partial charge in [-0.2, -0.15) is 5.10 Å². The van der Waals surface area contributed by atoms with Gasteiger partial charge in [0.25, 0.3) is 11.5 Å². The first-order valence-electron chi connectivity index (χ1n) is 9.91. The number of hydrogen-bond donors (Lipinski definition) is 0. The number of aromatic nitrogens is 4. The zero-order valence-corrected chi connectivity index (χ0v) is 17.3. The molecule has 4 heterocycles. The van der Waals surface area contributed by atoms with Crippen LogP contribution in [0.5, 0.6) is 0 Å². The van der Waals surface area contributed by atoms with Gasteiger partial charge in [-0.3, -0.25) is 9.59 Å². The first-order valence-corrected chi connectivity index (χ1v) is 10.7. The average Bonchev–Trinajstić information content (AvgIpc) is 3.24. The molecule has 152 valence electrons. The van der Waals surface area contributed by atoms with Gasteiger partial charge < -0.3 is 9.80 Å². The standard InChI is InChI=1S/C21H20N6O2S/c1-2-27-19(28)15-7-4-3-6-14(15)17(24-27)20(29)25-10-12-26(13-11-25)21-23-16-8-5-9-22-18(16)30-21/h3-9H,2,10-13H2,1H3. The van der Waals surface area contributed by atoms with E-state index in [9.17, 15) is 9.59 Å². The maximum atomic E-state index is 13.3. The fraction of sp³-hybridized carbons (Fsp3) is 0.286. The number of nitrogens with zero attached hydrogens (tertiary/aromatic N) is 6. The molecule has 0 unspecified atom stereocenters. The van der Waals surface area contributed by atoms with Gasteiger partial charge in [0.2, 0.25) is 0 Å². The third-order valence-electron chi connectivity index (χ3n) is 5.36. The summed E-state index contributed by atoms with van der Waals surface area (Å²) in [6.07, 6.45) is 1.77. The van der Waals surface area contributed by atoms with Gasteiger partial charge in [-0.25, -0.2) is 14.6 Å². The molecule has 1 aromatic carbocycles. The van der Waals surface area contributed by atoms with Crippen LogP contribution < -0.4 is 10.5 Å². The number of thiazole rings is 1. The molecule has 0 atom stereocenters. The fourth-order valence-electron chi connectivity index (χ4n) is 3.75. The number of piperazine rings is 1. The molecule has 0 bridgehead atoms. The predicted octanol–water partition coefficient (Wildman–Crippen LogP) is 2.38. The molecule has 0 spiro atoms. The van der Waals surface area contributed by atoms with Crippen molar-refractivity contribution in [2.75, 3.05) is 31.1 Å². The number of carbonyl (C=O) groups excluding carboxylic acids is 1. The van der Waals surface area contributed by atoms with Crippen molar-refractivity contribution in [3.05, 3.63) is 58.6 Å². The Morgan fingerprint density at radius 1 is 1.07 bits per heavy atom.